The van der Waals surface area contributed by atoms with Crippen molar-refractivity contribution in [2.75, 3.05) is 0 Å². The molecule has 0 spiro atoms. The number of carbonyl (C=O) groups excluding carboxylic acids is 1. The molecule has 1 aliphatic carbocycles. The second-order valence-corrected chi connectivity index (χ2v) is 6.95. The van der Waals surface area contributed by atoms with Gasteiger partial charge in [0.1, 0.15) is 29.0 Å². The van der Waals surface area contributed by atoms with Gasteiger partial charge in [-0.3, -0.25) is 4.79 Å². The largest absolute Gasteiger partial charge is 0.349 e. The summed E-state index contributed by atoms with van der Waals surface area (Å²) < 4.78 is 56.3. The minimum Gasteiger partial charge on any atom is -0.349 e. The van der Waals surface area contributed by atoms with Crippen LogP contribution in [-0.4, -0.2) is 15.7 Å². The summed E-state index contributed by atoms with van der Waals surface area (Å²) in [6.45, 7) is 0. The maximum absolute atomic E-state index is 14.1. The highest BCUT2D eigenvalue weighted by molar-refractivity contribution is 5.79. The summed E-state index contributed by atoms with van der Waals surface area (Å²) in [4.78, 5) is 12.4. The molecule has 0 fully saturated rings. The van der Waals surface area contributed by atoms with Crippen LogP contribution in [0.2, 0.25) is 0 Å². The van der Waals surface area contributed by atoms with Crippen LogP contribution in [0.3, 0.4) is 0 Å². The molecule has 1 aliphatic rings. The molecule has 1 N–H and O–H groups in total. The first kappa shape index (κ1) is 19.2. The third-order valence-corrected chi connectivity index (χ3v) is 5.04. The van der Waals surface area contributed by atoms with E-state index in [-0.39, 0.29) is 0 Å². The van der Waals surface area contributed by atoms with Gasteiger partial charge in [0.2, 0.25) is 5.91 Å². The number of benzene rings is 2. The topological polar surface area (TPSA) is 46.9 Å². The van der Waals surface area contributed by atoms with Gasteiger partial charge in [-0.05, 0) is 31.4 Å². The molecule has 8 heteroatoms. The lowest BCUT2D eigenvalue weighted by Crippen LogP contribution is -2.32. The van der Waals surface area contributed by atoms with Gasteiger partial charge in [0.05, 0.1) is 18.7 Å². The number of carbonyl (C=O) groups is 1. The standard InChI is InChI=1S/C21H17F4N3O/c22-12-8-16(24)13(17(25)9-12)10-21(29)27-18-5-3-7-19-14(18)11-26-28(19)20-6-2-1-4-15(20)23/h1-2,4,6,8-9,11,18H,3,5,7,10H2,(H,27,29)/t18-/m0/s1. The van der Waals surface area contributed by atoms with Crippen molar-refractivity contribution >= 4 is 5.91 Å². The summed E-state index contributed by atoms with van der Waals surface area (Å²) in [7, 11) is 0. The van der Waals surface area contributed by atoms with E-state index in [2.05, 4.69) is 10.4 Å². The Morgan fingerprint density at radius 1 is 1.10 bits per heavy atom. The van der Waals surface area contributed by atoms with Gasteiger partial charge in [-0.2, -0.15) is 5.10 Å². The Morgan fingerprint density at radius 3 is 2.55 bits per heavy atom. The summed E-state index contributed by atoms with van der Waals surface area (Å²) >= 11 is 0. The van der Waals surface area contributed by atoms with Crippen molar-refractivity contribution in [3.63, 3.8) is 0 Å². The first-order valence-corrected chi connectivity index (χ1v) is 9.18. The number of hydrogen-bond acceptors (Lipinski definition) is 2. The molecule has 0 saturated heterocycles. The zero-order chi connectivity index (χ0) is 20.5. The Hall–Kier alpha value is -3.16. The molecule has 0 unspecified atom stereocenters. The fraction of sp³-hybridized carbons (Fsp3) is 0.238. The molecular formula is C21H17F4N3O. The molecular weight excluding hydrogens is 386 g/mol. The van der Waals surface area contributed by atoms with E-state index in [4.69, 9.17) is 0 Å². The molecule has 1 amide bonds. The SMILES string of the molecule is O=C(Cc1c(F)cc(F)cc1F)N[C@H]1CCCc2c1cnn2-c1ccccc1F. The molecule has 150 valence electrons. The lowest BCUT2D eigenvalue weighted by Gasteiger charge is -2.24. The number of para-hydroxylation sites is 1. The second kappa shape index (κ2) is 7.69. The fourth-order valence-corrected chi connectivity index (χ4v) is 3.68. The quantitative estimate of drug-likeness (QED) is 0.665. The van der Waals surface area contributed by atoms with E-state index >= 15 is 0 Å². The molecule has 4 rings (SSSR count). The summed E-state index contributed by atoms with van der Waals surface area (Å²) in [6, 6.07) is 6.94. The van der Waals surface area contributed by atoms with E-state index in [0.29, 0.717) is 30.7 Å². The number of halogens is 4. The fourth-order valence-electron chi connectivity index (χ4n) is 3.68. The zero-order valence-corrected chi connectivity index (χ0v) is 15.3. The Labute approximate surface area is 164 Å². The van der Waals surface area contributed by atoms with Crippen molar-refractivity contribution in [2.45, 2.75) is 31.7 Å². The normalized spacial score (nSPS) is 15.8. The van der Waals surface area contributed by atoms with Gasteiger partial charge in [-0.1, -0.05) is 12.1 Å². The number of nitrogens with zero attached hydrogens (tertiary/aromatic N) is 2. The average Bonchev–Trinajstić information content (AvgIpc) is 3.10. The molecule has 29 heavy (non-hydrogen) atoms. The van der Waals surface area contributed by atoms with Crippen molar-refractivity contribution in [3.05, 3.63) is 82.7 Å². The van der Waals surface area contributed by atoms with Crippen LogP contribution in [0.4, 0.5) is 17.6 Å². The summed E-state index contributed by atoms with van der Waals surface area (Å²) in [5.74, 6) is -4.25. The molecule has 3 aromatic rings. The van der Waals surface area contributed by atoms with Crippen LogP contribution in [0.15, 0.2) is 42.6 Å². The van der Waals surface area contributed by atoms with E-state index < -0.39 is 47.2 Å². The van der Waals surface area contributed by atoms with E-state index in [9.17, 15) is 22.4 Å². The van der Waals surface area contributed by atoms with Crippen LogP contribution < -0.4 is 5.32 Å². The Kier molecular flexibility index (Phi) is 5.08. The molecule has 1 atom stereocenters. The van der Waals surface area contributed by atoms with Gasteiger partial charge in [0, 0.05) is 29.0 Å². The molecule has 4 nitrogen and oxygen atoms in total. The number of nitrogens with one attached hydrogen (secondary N) is 1. The van der Waals surface area contributed by atoms with Crippen LogP contribution in [0, 0.1) is 23.3 Å². The molecule has 0 saturated carbocycles. The van der Waals surface area contributed by atoms with E-state index in [1.54, 1.807) is 24.4 Å². The number of amides is 1. The van der Waals surface area contributed by atoms with Crippen LogP contribution in [0.25, 0.3) is 5.69 Å². The predicted octanol–water partition coefficient (Wildman–Crippen LogP) is 4.17. The van der Waals surface area contributed by atoms with Crippen LogP contribution in [-0.2, 0) is 17.6 Å². The third kappa shape index (κ3) is 3.74. The minimum absolute atomic E-state index is 0.316. The van der Waals surface area contributed by atoms with Crippen LogP contribution in [0.1, 0.15) is 35.7 Å². The number of fused-ring (bicyclic) bond motifs is 1. The Bertz CT molecular complexity index is 1060. The van der Waals surface area contributed by atoms with Gasteiger partial charge in [0.15, 0.2) is 0 Å². The van der Waals surface area contributed by atoms with Crippen molar-refractivity contribution in [2.24, 2.45) is 0 Å². The molecule has 0 aliphatic heterocycles. The summed E-state index contributed by atoms with van der Waals surface area (Å²) in [5.41, 5.74) is 1.36. The van der Waals surface area contributed by atoms with Crippen molar-refractivity contribution < 1.29 is 22.4 Å². The van der Waals surface area contributed by atoms with Crippen molar-refractivity contribution in [1.82, 2.24) is 15.1 Å². The van der Waals surface area contributed by atoms with Crippen molar-refractivity contribution in [1.29, 1.82) is 0 Å². The highest BCUT2D eigenvalue weighted by Crippen LogP contribution is 2.31. The van der Waals surface area contributed by atoms with Gasteiger partial charge in [-0.15, -0.1) is 0 Å². The van der Waals surface area contributed by atoms with Crippen molar-refractivity contribution in [3.8, 4) is 5.69 Å². The summed E-state index contributed by atoms with van der Waals surface area (Å²) in [6.07, 6.45) is 3.04. The zero-order valence-electron chi connectivity index (χ0n) is 15.3. The van der Waals surface area contributed by atoms with Gasteiger partial charge < -0.3 is 5.32 Å². The van der Waals surface area contributed by atoms with E-state index in [1.807, 2.05) is 0 Å². The van der Waals surface area contributed by atoms with E-state index in [1.165, 1.54) is 10.7 Å². The molecule has 2 aromatic carbocycles. The van der Waals surface area contributed by atoms with Crippen LogP contribution in [0.5, 0.6) is 0 Å². The van der Waals surface area contributed by atoms with Gasteiger partial charge in [0.25, 0.3) is 0 Å². The predicted molar refractivity (Wildman–Crippen MR) is 97.4 cm³/mol. The smallest absolute Gasteiger partial charge is 0.225 e. The van der Waals surface area contributed by atoms with Crippen LogP contribution >= 0.6 is 0 Å². The second-order valence-electron chi connectivity index (χ2n) is 6.95. The Balaban J connectivity index is 1.55. The first-order chi connectivity index (χ1) is 13.9. The molecule has 1 aromatic heterocycles. The third-order valence-electron chi connectivity index (χ3n) is 5.04. The monoisotopic (exact) mass is 403 g/mol. The summed E-state index contributed by atoms with van der Waals surface area (Å²) in [5, 5.41) is 7.03. The lowest BCUT2D eigenvalue weighted by atomic mass is 9.92. The minimum atomic E-state index is -1.10. The number of aromatic nitrogens is 2. The molecule has 1 heterocycles. The average molecular weight is 403 g/mol. The molecule has 0 radical (unpaired) electrons. The van der Waals surface area contributed by atoms with Gasteiger partial charge in [-0.25, -0.2) is 22.2 Å². The maximum Gasteiger partial charge on any atom is 0.225 e. The first-order valence-electron chi connectivity index (χ1n) is 9.18. The maximum atomic E-state index is 14.1. The van der Waals surface area contributed by atoms with E-state index in [0.717, 1.165) is 17.7 Å². The lowest BCUT2D eigenvalue weighted by molar-refractivity contribution is -0.121. The Morgan fingerprint density at radius 2 is 1.83 bits per heavy atom. The van der Waals surface area contributed by atoms with Gasteiger partial charge >= 0.3 is 0 Å². The molecule has 0 bridgehead atoms. The highest BCUT2D eigenvalue weighted by atomic mass is 19.1. The number of rotatable bonds is 4. The number of hydrogen-bond donors (Lipinski definition) is 1. The highest BCUT2D eigenvalue weighted by Gasteiger charge is 2.27.